The minimum absolute atomic E-state index is 0.182. The van der Waals surface area contributed by atoms with Gasteiger partial charge in [-0.1, -0.05) is 0 Å². The first kappa shape index (κ1) is 9.86. The Kier molecular flexibility index (Phi) is 2.78. The quantitative estimate of drug-likeness (QED) is 0.811. The van der Waals surface area contributed by atoms with Crippen LogP contribution in [0.4, 0.5) is 0 Å². The maximum absolute atomic E-state index is 4.17. The van der Waals surface area contributed by atoms with Crippen LogP contribution in [0.2, 0.25) is 0 Å². The summed E-state index contributed by atoms with van der Waals surface area (Å²) >= 11 is 0. The molecule has 0 fully saturated rings. The highest BCUT2D eigenvalue weighted by atomic mass is 15.2. The molecule has 1 unspecified atom stereocenters. The summed E-state index contributed by atoms with van der Waals surface area (Å²) in [5.41, 5.74) is 2.35. The molecule has 0 amide bonds. The zero-order valence-corrected chi connectivity index (χ0v) is 8.88. The second-order valence-electron chi connectivity index (χ2n) is 3.45. The molecule has 0 saturated heterocycles. The van der Waals surface area contributed by atoms with E-state index in [4.69, 9.17) is 0 Å². The molecule has 78 valence electrons. The Morgan fingerprint density at radius 2 is 2.00 bits per heavy atom. The van der Waals surface area contributed by atoms with Gasteiger partial charge in [0, 0.05) is 31.2 Å². The van der Waals surface area contributed by atoms with E-state index in [9.17, 15) is 0 Å². The van der Waals surface area contributed by atoms with Crippen LogP contribution in [0.15, 0.2) is 36.9 Å². The molecular formula is C11H14N4. The Morgan fingerprint density at radius 3 is 2.53 bits per heavy atom. The largest absolute Gasteiger partial charge is 0.309 e. The second-order valence-corrected chi connectivity index (χ2v) is 3.45. The van der Waals surface area contributed by atoms with E-state index in [0.717, 1.165) is 5.56 Å². The maximum atomic E-state index is 4.17. The summed E-state index contributed by atoms with van der Waals surface area (Å²) in [7, 11) is 3.86. The third-order valence-electron chi connectivity index (χ3n) is 2.39. The molecule has 1 N–H and O–H groups in total. The fourth-order valence-corrected chi connectivity index (χ4v) is 1.67. The van der Waals surface area contributed by atoms with Crippen LogP contribution in [-0.4, -0.2) is 21.8 Å². The van der Waals surface area contributed by atoms with Crippen molar-refractivity contribution in [2.75, 3.05) is 7.05 Å². The fraction of sp³-hybridized carbons (Fsp3) is 0.273. The van der Waals surface area contributed by atoms with Crippen LogP contribution >= 0.6 is 0 Å². The number of nitrogens with zero attached hydrogens (tertiary/aromatic N) is 3. The van der Waals surface area contributed by atoms with Crippen molar-refractivity contribution >= 4 is 0 Å². The van der Waals surface area contributed by atoms with E-state index < -0.39 is 0 Å². The van der Waals surface area contributed by atoms with Crippen molar-refractivity contribution in [3.63, 3.8) is 0 Å². The van der Waals surface area contributed by atoms with Gasteiger partial charge in [-0.05, 0) is 24.7 Å². The molecule has 0 saturated carbocycles. The van der Waals surface area contributed by atoms with Gasteiger partial charge in [0.05, 0.1) is 12.2 Å². The summed E-state index contributed by atoms with van der Waals surface area (Å²) in [4.78, 5) is 4.01. The topological polar surface area (TPSA) is 42.7 Å². The average molecular weight is 202 g/mol. The van der Waals surface area contributed by atoms with Crippen molar-refractivity contribution in [1.82, 2.24) is 20.1 Å². The van der Waals surface area contributed by atoms with Crippen LogP contribution in [0.1, 0.15) is 17.2 Å². The van der Waals surface area contributed by atoms with Gasteiger partial charge in [-0.15, -0.1) is 0 Å². The van der Waals surface area contributed by atoms with Crippen LogP contribution in [0.25, 0.3) is 0 Å². The second kappa shape index (κ2) is 4.23. The van der Waals surface area contributed by atoms with E-state index in [1.165, 1.54) is 5.56 Å². The molecule has 0 radical (unpaired) electrons. The Labute approximate surface area is 89.0 Å². The SMILES string of the molecule is CNC(c1ccncc1)c1cnn(C)c1. The number of aromatic nitrogens is 3. The summed E-state index contributed by atoms with van der Waals surface area (Å²) in [6.07, 6.45) is 7.50. The summed E-state index contributed by atoms with van der Waals surface area (Å²) < 4.78 is 1.81. The maximum Gasteiger partial charge on any atom is 0.0606 e. The lowest BCUT2D eigenvalue weighted by molar-refractivity contribution is 0.688. The first-order valence-electron chi connectivity index (χ1n) is 4.87. The molecular weight excluding hydrogens is 188 g/mol. The van der Waals surface area contributed by atoms with Crippen molar-refractivity contribution < 1.29 is 0 Å². The first-order valence-corrected chi connectivity index (χ1v) is 4.87. The van der Waals surface area contributed by atoms with Gasteiger partial charge >= 0.3 is 0 Å². The van der Waals surface area contributed by atoms with Gasteiger partial charge in [-0.25, -0.2) is 0 Å². The third kappa shape index (κ3) is 2.05. The summed E-state index contributed by atoms with van der Waals surface area (Å²) in [5.74, 6) is 0. The summed E-state index contributed by atoms with van der Waals surface area (Å²) in [6.45, 7) is 0. The monoisotopic (exact) mass is 202 g/mol. The minimum atomic E-state index is 0.182. The van der Waals surface area contributed by atoms with Gasteiger partial charge in [0.1, 0.15) is 0 Å². The molecule has 2 aromatic heterocycles. The van der Waals surface area contributed by atoms with Crippen molar-refractivity contribution in [3.8, 4) is 0 Å². The summed E-state index contributed by atoms with van der Waals surface area (Å²) in [5, 5.41) is 7.44. The molecule has 15 heavy (non-hydrogen) atoms. The van der Waals surface area contributed by atoms with Gasteiger partial charge < -0.3 is 5.32 Å². The van der Waals surface area contributed by atoms with E-state index in [-0.39, 0.29) is 6.04 Å². The number of hydrogen-bond donors (Lipinski definition) is 1. The molecule has 0 aliphatic carbocycles. The van der Waals surface area contributed by atoms with Crippen molar-refractivity contribution in [1.29, 1.82) is 0 Å². The highest BCUT2D eigenvalue weighted by molar-refractivity contribution is 5.27. The van der Waals surface area contributed by atoms with E-state index in [0.29, 0.717) is 0 Å². The van der Waals surface area contributed by atoms with Crippen LogP contribution < -0.4 is 5.32 Å². The molecule has 4 nitrogen and oxygen atoms in total. The predicted octanol–water partition coefficient (Wildman–Crippen LogP) is 1.12. The zero-order valence-electron chi connectivity index (χ0n) is 8.88. The molecule has 4 heteroatoms. The van der Waals surface area contributed by atoms with E-state index in [1.807, 2.05) is 38.6 Å². The Hall–Kier alpha value is -1.68. The zero-order chi connectivity index (χ0) is 10.7. The highest BCUT2D eigenvalue weighted by Crippen LogP contribution is 2.19. The Bertz CT molecular complexity index is 421. The smallest absolute Gasteiger partial charge is 0.0606 e. The van der Waals surface area contributed by atoms with E-state index in [2.05, 4.69) is 15.4 Å². The van der Waals surface area contributed by atoms with Gasteiger partial charge in [-0.2, -0.15) is 5.10 Å². The number of hydrogen-bond acceptors (Lipinski definition) is 3. The molecule has 2 aromatic rings. The lowest BCUT2D eigenvalue weighted by atomic mass is 10.0. The van der Waals surface area contributed by atoms with Crippen molar-refractivity contribution in [2.24, 2.45) is 7.05 Å². The van der Waals surface area contributed by atoms with E-state index in [1.54, 1.807) is 17.1 Å². The molecule has 0 spiro atoms. The minimum Gasteiger partial charge on any atom is -0.309 e. The normalized spacial score (nSPS) is 12.7. The van der Waals surface area contributed by atoms with Crippen LogP contribution in [0, 0.1) is 0 Å². The van der Waals surface area contributed by atoms with Crippen LogP contribution in [0.5, 0.6) is 0 Å². The van der Waals surface area contributed by atoms with Gasteiger partial charge in [0.25, 0.3) is 0 Å². The molecule has 2 heterocycles. The Balaban J connectivity index is 2.33. The average Bonchev–Trinajstić information content (AvgIpc) is 2.68. The van der Waals surface area contributed by atoms with Gasteiger partial charge in [0.2, 0.25) is 0 Å². The predicted molar refractivity (Wildman–Crippen MR) is 58.3 cm³/mol. The van der Waals surface area contributed by atoms with Crippen LogP contribution in [0.3, 0.4) is 0 Å². The molecule has 0 bridgehead atoms. The fourth-order valence-electron chi connectivity index (χ4n) is 1.67. The molecule has 0 aromatic carbocycles. The molecule has 0 aliphatic rings. The third-order valence-corrected chi connectivity index (χ3v) is 2.39. The standard InChI is InChI=1S/C11H14N4/c1-12-11(9-3-5-13-6-4-9)10-7-14-15(2)8-10/h3-8,11-12H,1-2H3. The van der Waals surface area contributed by atoms with Gasteiger partial charge in [0.15, 0.2) is 0 Å². The summed E-state index contributed by atoms with van der Waals surface area (Å²) in [6, 6.07) is 4.20. The molecule has 2 rings (SSSR count). The Morgan fingerprint density at radius 1 is 1.27 bits per heavy atom. The van der Waals surface area contributed by atoms with Gasteiger partial charge in [-0.3, -0.25) is 9.67 Å². The number of aryl methyl sites for hydroxylation is 1. The van der Waals surface area contributed by atoms with Crippen molar-refractivity contribution in [2.45, 2.75) is 6.04 Å². The lowest BCUT2D eigenvalue weighted by Crippen LogP contribution is -2.17. The molecule has 0 aliphatic heterocycles. The first-order chi connectivity index (χ1) is 7.31. The number of pyridine rings is 1. The number of rotatable bonds is 3. The number of nitrogens with one attached hydrogen (secondary N) is 1. The van der Waals surface area contributed by atoms with Crippen LogP contribution in [-0.2, 0) is 7.05 Å². The van der Waals surface area contributed by atoms with Crippen molar-refractivity contribution in [3.05, 3.63) is 48.0 Å². The molecule has 1 atom stereocenters. The highest BCUT2D eigenvalue weighted by Gasteiger charge is 2.12. The van der Waals surface area contributed by atoms with E-state index >= 15 is 0 Å². The lowest BCUT2D eigenvalue weighted by Gasteiger charge is -2.14.